The predicted octanol–water partition coefficient (Wildman–Crippen LogP) is 1.86. The molecular weight excluding hydrogens is 214 g/mol. The van der Waals surface area contributed by atoms with Crippen molar-refractivity contribution in [2.45, 2.75) is 25.4 Å². The normalized spacial score (nSPS) is 19.4. The van der Waals surface area contributed by atoms with Crippen LogP contribution in [-0.2, 0) is 0 Å². The number of nitrogens with zero attached hydrogens (tertiary/aromatic N) is 2. The summed E-state index contributed by atoms with van der Waals surface area (Å²) in [6.45, 7) is 4.23. The van der Waals surface area contributed by atoms with Crippen LogP contribution >= 0.6 is 0 Å². The number of nitrogens with one attached hydrogen (secondary N) is 1. The number of hydrogen-bond donors (Lipinski definition) is 1. The average molecular weight is 231 g/mol. The second kappa shape index (κ2) is 4.04. The molecule has 1 aliphatic rings. The zero-order valence-corrected chi connectivity index (χ0v) is 10.0. The molecule has 0 saturated carbocycles. The number of pyridine rings is 1. The van der Waals surface area contributed by atoms with Crippen molar-refractivity contribution in [3.05, 3.63) is 30.6 Å². The third-order valence-corrected chi connectivity index (χ3v) is 3.41. The molecule has 0 atom stereocenters. The minimum atomic E-state index is -0.0649. The number of fused-ring (bicyclic) bond motifs is 1. The van der Waals surface area contributed by atoms with Crippen molar-refractivity contribution >= 4 is 5.52 Å². The Bertz CT molecular complexity index is 514. The Morgan fingerprint density at radius 2 is 2.18 bits per heavy atom. The van der Waals surface area contributed by atoms with Gasteiger partial charge in [-0.3, -0.25) is 0 Å². The van der Waals surface area contributed by atoms with Crippen LogP contribution in [0.2, 0.25) is 0 Å². The molecule has 2 aromatic rings. The van der Waals surface area contributed by atoms with Crippen LogP contribution < -0.4 is 10.1 Å². The van der Waals surface area contributed by atoms with Gasteiger partial charge >= 0.3 is 0 Å². The quantitative estimate of drug-likeness (QED) is 0.857. The van der Waals surface area contributed by atoms with E-state index in [0.717, 1.165) is 37.2 Å². The van der Waals surface area contributed by atoms with Gasteiger partial charge in [-0.2, -0.15) is 5.10 Å². The molecule has 1 aliphatic heterocycles. The van der Waals surface area contributed by atoms with Crippen molar-refractivity contribution < 1.29 is 4.74 Å². The van der Waals surface area contributed by atoms with Crippen LogP contribution in [0.4, 0.5) is 0 Å². The van der Waals surface area contributed by atoms with Crippen molar-refractivity contribution in [3.63, 3.8) is 0 Å². The van der Waals surface area contributed by atoms with Crippen LogP contribution in [0, 0.1) is 0 Å². The molecule has 0 amide bonds. The zero-order valence-electron chi connectivity index (χ0n) is 10.0. The molecule has 0 aliphatic carbocycles. The van der Waals surface area contributed by atoms with E-state index >= 15 is 0 Å². The van der Waals surface area contributed by atoms with Crippen molar-refractivity contribution in [2.24, 2.45) is 0 Å². The Labute approximate surface area is 101 Å². The standard InChI is InChI=1S/C13H17N3O/c1-13(5-7-14-8-6-13)17-12-10-15-16-9-3-2-4-11(12)16/h2-4,9-10,14H,5-8H2,1H3. The number of aromatic nitrogens is 2. The number of hydrogen-bond acceptors (Lipinski definition) is 3. The first-order chi connectivity index (χ1) is 8.27. The lowest BCUT2D eigenvalue weighted by Gasteiger charge is -2.34. The van der Waals surface area contributed by atoms with E-state index < -0.39 is 0 Å². The fraction of sp³-hybridized carbons (Fsp3) is 0.462. The topological polar surface area (TPSA) is 38.6 Å². The summed E-state index contributed by atoms with van der Waals surface area (Å²) in [7, 11) is 0. The van der Waals surface area contributed by atoms with Gasteiger partial charge in [0.2, 0.25) is 0 Å². The van der Waals surface area contributed by atoms with E-state index in [2.05, 4.69) is 17.3 Å². The van der Waals surface area contributed by atoms with Gasteiger partial charge in [0, 0.05) is 6.20 Å². The number of piperidine rings is 1. The molecule has 0 spiro atoms. The third-order valence-electron chi connectivity index (χ3n) is 3.41. The molecule has 0 aromatic carbocycles. The molecule has 1 fully saturated rings. The van der Waals surface area contributed by atoms with Crippen molar-refractivity contribution in [3.8, 4) is 5.75 Å². The lowest BCUT2D eigenvalue weighted by atomic mass is 9.94. The van der Waals surface area contributed by atoms with Crippen molar-refractivity contribution in [1.29, 1.82) is 0 Å². The first kappa shape index (κ1) is 10.6. The number of rotatable bonds is 2. The summed E-state index contributed by atoms with van der Waals surface area (Å²) >= 11 is 0. The van der Waals surface area contributed by atoms with Gasteiger partial charge in [0.1, 0.15) is 11.1 Å². The zero-order chi connectivity index (χ0) is 11.7. The van der Waals surface area contributed by atoms with E-state index in [-0.39, 0.29) is 5.60 Å². The van der Waals surface area contributed by atoms with Gasteiger partial charge in [0.25, 0.3) is 0 Å². The molecule has 0 bridgehead atoms. The van der Waals surface area contributed by atoms with E-state index in [9.17, 15) is 0 Å². The van der Waals surface area contributed by atoms with E-state index in [0.29, 0.717) is 0 Å². The molecule has 2 aromatic heterocycles. The van der Waals surface area contributed by atoms with E-state index in [1.807, 2.05) is 35.1 Å². The smallest absolute Gasteiger partial charge is 0.165 e. The summed E-state index contributed by atoms with van der Waals surface area (Å²) in [5, 5.41) is 7.65. The first-order valence-electron chi connectivity index (χ1n) is 6.09. The molecule has 1 N–H and O–H groups in total. The Balaban J connectivity index is 1.89. The van der Waals surface area contributed by atoms with Crippen LogP contribution in [-0.4, -0.2) is 28.3 Å². The number of ether oxygens (including phenoxy) is 1. The second-order valence-electron chi connectivity index (χ2n) is 4.84. The van der Waals surface area contributed by atoms with Gasteiger partial charge in [0.15, 0.2) is 5.75 Å². The minimum absolute atomic E-state index is 0.0649. The maximum atomic E-state index is 6.17. The monoisotopic (exact) mass is 231 g/mol. The molecule has 4 nitrogen and oxygen atoms in total. The maximum Gasteiger partial charge on any atom is 0.165 e. The van der Waals surface area contributed by atoms with Gasteiger partial charge in [-0.25, -0.2) is 4.52 Å². The molecule has 3 rings (SSSR count). The Kier molecular flexibility index (Phi) is 2.52. The largest absolute Gasteiger partial charge is 0.484 e. The molecule has 4 heteroatoms. The maximum absolute atomic E-state index is 6.17. The second-order valence-corrected chi connectivity index (χ2v) is 4.84. The lowest BCUT2D eigenvalue weighted by Crippen LogP contribution is -2.43. The summed E-state index contributed by atoms with van der Waals surface area (Å²) < 4.78 is 8.02. The van der Waals surface area contributed by atoms with Gasteiger partial charge in [-0.1, -0.05) is 6.07 Å². The Morgan fingerprint density at radius 1 is 1.35 bits per heavy atom. The predicted molar refractivity (Wildman–Crippen MR) is 66.3 cm³/mol. The molecular formula is C13H17N3O. The van der Waals surface area contributed by atoms with Crippen LogP contribution in [0.15, 0.2) is 30.6 Å². The van der Waals surface area contributed by atoms with Gasteiger partial charge in [0.05, 0.1) is 6.20 Å². The summed E-state index contributed by atoms with van der Waals surface area (Å²) in [5.41, 5.74) is 0.970. The van der Waals surface area contributed by atoms with Crippen LogP contribution in [0.3, 0.4) is 0 Å². The van der Waals surface area contributed by atoms with Gasteiger partial charge in [-0.15, -0.1) is 0 Å². The minimum Gasteiger partial charge on any atom is -0.484 e. The van der Waals surface area contributed by atoms with Crippen molar-refractivity contribution in [1.82, 2.24) is 14.9 Å². The Hall–Kier alpha value is -1.55. The van der Waals surface area contributed by atoms with Gasteiger partial charge < -0.3 is 10.1 Å². The van der Waals surface area contributed by atoms with Crippen LogP contribution in [0.5, 0.6) is 5.75 Å². The van der Waals surface area contributed by atoms with Gasteiger partial charge in [-0.05, 0) is 45.0 Å². The molecule has 3 heterocycles. The average Bonchev–Trinajstić information content (AvgIpc) is 2.73. The highest BCUT2D eigenvalue weighted by atomic mass is 16.5. The third kappa shape index (κ3) is 2.00. The molecule has 0 radical (unpaired) electrons. The lowest BCUT2D eigenvalue weighted by molar-refractivity contribution is 0.0571. The summed E-state index contributed by atoms with van der Waals surface area (Å²) in [5.74, 6) is 0.884. The fourth-order valence-corrected chi connectivity index (χ4v) is 2.31. The molecule has 90 valence electrons. The SMILES string of the molecule is CC1(Oc2cnn3ccccc23)CCNCC1. The highest BCUT2D eigenvalue weighted by molar-refractivity contribution is 5.58. The van der Waals surface area contributed by atoms with Crippen LogP contribution in [0.25, 0.3) is 5.52 Å². The summed E-state index contributed by atoms with van der Waals surface area (Å²) in [6.07, 6.45) is 5.82. The highest BCUT2D eigenvalue weighted by Crippen LogP contribution is 2.28. The molecule has 0 unspecified atom stereocenters. The molecule has 1 saturated heterocycles. The summed E-state index contributed by atoms with van der Waals surface area (Å²) in [6, 6.07) is 6.01. The van der Waals surface area contributed by atoms with Crippen LogP contribution in [0.1, 0.15) is 19.8 Å². The van der Waals surface area contributed by atoms with E-state index in [1.54, 1.807) is 0 Å². The molecule has 17 heavy (non-hydrogen) atoms. The Morgan fingerprint density at radius 3 is 3.00 bits per heavy atom. The highest BCUT2D eigenvalue weighted by Gasteiger charge is 2.29. The van der Waals surface area contributed by atoms with E-state index in [4.69, 9.17) is 4.74 Å². The fourth-order valence-electron chi connectivity index (χ4n) is 2.31. The first-order valence-corrected chi connectivity index (χ1v) is 6.09. The van der Waals surface area contributed by atoms with E-state index in [1.165, 1.54) is 0 Å². The summed E-state index contributed by atoms with van der Waals surface area (Å²) in [4.78, 5) is 0. The van der Waals surface area contributed by atoms with Crippen molar-refractivity contribution in [2.75, 3.05) is 13.1 Å².